The van der Waals surface area contributed by atoms with Crippen LogP contribution in [0.25, 0.3) is 11.8 Å². The van der Waals surface area contributed by atoms with E-state index in [2.05, 4.69) is 21.0 Å². The molecule has 8 nitrogen and oxygen atoms in total. The zero-order chi connectivity index (χ0) is 29.6. The Hall–Kier alpha value is -3.99. The van der Waals surface area contributed by atoms with Gasteiger partial charge in [0.25, 0.3) is 0 Å². The molecule has 216 valence electrons. The van der Waals surface area contributed by atoms with Crippen molar-refractivity contribution in [2.75, 3.05) is 18.9 Å². The number of aromatic nitrogens is 2. The van der Waals surface area contributed by atoms with Crippen molar-refractivity contribution in [3.8, 4) is 22.9 Å². The van der Waals surface area contributed by atoms with Crippen LogP contribution in [0.2, 0.25) is 0 Å². The predicted molar refractivity (Wildman–Crippen MR) is 160 cm³/mol. The number of halogens is 2. The van der Waals surface area contributed by atoms with E-state index in [9.17, 15) is 9.18 Å². The Balaban J connectivity index is 1.17. The first-order chi connectivity index (χ1) is 20.1. The Morgan fingerprint density at radius 1 is 1.17 bits per heavy atom. The van der Waals surface area contributed by atoms with Gasteiger partial charge in [-0.25, -0.2) is 9.07 Å². The Kier molecular flexibility index (Phi) is 7.38. The molecule has 0 spiro atoms. The monoisotopic (exact) mass is 633 g/mol. The van der Waals surface area contributed by atoms with Crippen molar-refractivity contribution in [3.63, 3.8) is 0 Å². The largest absolute Gasteiger partial charge is 0.490 e. The number of hydrogen-bond acceptors (Lipinski definition) is 7. The molecule has 3 aromatic carbocycles. The predicted octanol–water partition coefficient (Wildman–Crippen LogP) is 6.81. The number of nitrogens with zero attached hydrogens (tertiary/aromatic N) is 2. The van der Waals surface area contributed by atoms with Crippen LogP contribution in [0, 0.1) is 12.7 Å². The third-order valence-corrected chi connectivity index (χ3v) is 7.82. The second-order valence-corrected chi connectivity index (χ2v) is 11.6. The van der Waals surface area contributed by atoms with Crippen LogP contribution < -0.4 is 15.2 Å². The molecule has 0 radical (unpaired) electrons. The molecule has 1 atom stereocenters. The summed E-state index contributed by atoms with van der Waals surface area (Å²) in [6, 6.07) is 15.4. The molecule has 42 heavy (non-hydrogen) atoms. The lowest BCUT2D eigenvalue weighted by Gasteiger charge is -2.17. The van der Waals surface area contributed by atoms with E-state index in [1.54, 1.807) is 30.3 Å². The number of ether oxygens (including phenoxy) is 4. The summed E-state index contributed by atoms with van der Waals surface area (Å²) in [7, 11) is 0. The van der Waals surface area contributed by atoms with E-state index < -0.39 is 11.6 Å². The molecule has 0 unspecified atom stereocenters. The highest BCUT2D eigenvalue weighted by Crippen LogP contribution is 2.37. The van der Waals surface area contributed by atoms with Crippen LogP contribution in [0.5, 0.6) is 17.2 Å². The second kappa shape index (κ2) is 11.0. The minimum atomic E-state index is -0.614. The molecular weight excluding hydrogens is 605 g/mol. The van der Waals surface area contributed by atoms with E-state index in [1.807, 2.05) is 45.0 Å². The average Bonchev–Trinajstić information content (AvgIpc) is 3.65. The van der Waals surface area contributed by atoms with Crippen molar-refractivity contribution in [2.24, 2.45) is 0 Å². The number of nitrogen functional groups attached to an aromatic ring is 1. The van der Waals surface area contributed by atoms with E-state index >= 15 is 0 Å². The number of nitrogens with two attached hydrogens (primary N) is 1. The van der Waals surface area contributed by atoms with Gasteiger partial charge in [-0.15, -0.1) is 0 Å². The maximum absolute atomic E-state index is 14.0. The lowest BCUT2D eigenvalue weighted by Crippen LogP contribution is -2.25. The van der Waals surface area contributed by atoms with Crippen molar-refractivity contribution < 1.29 is 28.1 Å². The Bertz CT molecular complexity index is 1730. The summed E-state index contributed by atoms with van der Waals surface area (Å²) < 4.78 is 39.6. The quantitative estimate of drug-likeness (QED) is 0.213. The van der Waals surface area contributed by atoms with Gasteiger partial charge in [0, 0.05) is 12.0 Å². The molecule has 0 bridgehead atoms. The zero-order valence-electron chi connectivity index (χ0n) is 23.3. The number of rotatable bonds is 8. The first-order valence-electron chi connectivity index (χ1n) is 13.5. The Morgan fingerprint density at radius 2 is 1.98 bits per heavy atom. The third-order valence-electron chi connectivity index (χ3n) is 7.20. The van der Waals surface area contributed by atoms with Crippen molar-refractivity contribution in [1.29, 1.82) is 0 Å². The van der Waals surface area contributed by atoms with Crippen molar-refractivity contribution in [2.45, 2.75) is 39.1 Å². The fourth-order valence-corrected chi connectivity index (χ4v) is 5.57. The summed E-state index contributed by atoms with van der Waals surface area (Å²) >= 11 is 3.59. The van der Waals surface area contributed by atoms with Gasteiger partial charge in [-0.2, -0.15) is 5.10 Å². The number of fused-ring (bicyclic) bond motifs is 1. The minimum Gasteiger partial charge on any atom is -0.490 e. The van der Waals surface area contributed by atoms with Crippen LogP contribution in [-0.4, -0.2) is 40.7 Å². The van der Waals surface area contributed by atoms with Gasteiger partial charge in [0.2, 0.25) is 0 Å². The van der Waals surface area contributed by atoms with Crippen molar-refractivity contribution >= 4 is 33.6 Å². The molecular formula is C32H29BrFN3O5. The summed E-state index contributed by atoms with van der Waals surface area (Å²) in [5, 5.41) is 4.39. The third kappa shape index (κ3) is 5.57. The zero-order valence-corrected chi connectivity index (χ0v) is 24.9. The standard InChI is InChI=1S/C32H29BrFN3O5/c1-18-10-22(8-9-27(18)41-28-7-5-4-6-26(28)34)37-31(35)24(15-36-37)30(38)21-11-19-13-25(33)29(14-20(19)12-21)39-16-23-17-40-32(2,3)42-23/h4-10,12-15,23H,11,16-17,35H2,1-3H3/t23-/m0/s1. The number of para-hydroxylation sites is 1. The summed E-state index contributed by atoms with van der Waals surface area (Å²) in [5.74, 6) is 0.279. The van der Waals surface area contributed by atoms with Crippen molar-refractivity contribution in [3.05, 3.63) is 98.9 Å². The van der Waals surface area contributed by atoms with Crippen LogP contribution in [0.1, 0.15) is 40.9 Å². The first kappa shape index (κ1) is 28.1. The average molecular weight is 635 g/mol. The maximum Gasteiger partial charge on any atom is 0.194 e. The van der Waals surface area contributed by atoms with E-state index in [4.69, 9.17) is 24.7 Å². The highest BCUT2D eigenvalue weighted by molar-refractivity contribution is 9.10. The van der Waals surface area contributed by atoms with E-state index in [0.29, 0.717) is 48.0 Å². The lowest BCUT2D eigenvalue weighted by molar-refractivity contribution is -0.141. The van der Waals surface area contributed by atoms with Gasteiger partial charge in [0.15, 0.2) is 23.1 Å². The van der Waals surface area contributed by atoms with E-state index in [1.165, 1.54) is 16.9 Å². The fourth-order valence-electron chi connectivity index (χ4n) is 5.06. The van der Waals surface area contributed by atoms with Crippen LogP contribution in [0.3, 0.4) is 0 Å². The molecule has 0 amide bonds. The topological polar surface area (TPSA) is 97.8 Å². The number of carbonyl (C=O) groups is 1. The summed E-state index contributed by atoms with van der Waals surface area (Å²) in [6.07, 6.45) is 3.65. The van der Waals surface area contributed by atoms with Gasteiger partial charge in [-0.3, -0.25) is 4.79 Å². The van der Waals surface area contributed by atoms with Crippen LogP contribution >= 0.6 is 15.9 Å². The molecule has 1 aliphatic heterocycles. The summed E-state index contributed by atoms with van der Waals surface area (Å²) in [5.41, 5.74) is 10.7. The molecule has 1 aliphatic carbocycles. The highest BCUT2D eigenvalue weighted by atomic mass is 79.9. The molecule has 1 aromatic heterocycles. The molecule has 1 fully saturated rings. The van der Waals surface area contributed by atoms with Crippen LogP contribution in [-0.2, 0) is 15.9 Å². The molecule has 1 saturated heterocycles. The number of Topliss-reactive ketones (excluding diaryl/α,β-unsaturated/α-hetero) is 1. The van der Waals surface area contributed by atoms with E-state index in [0.717, 1.165) is 21.2 Å². The number of ketones is 1. The normalized spacial score (nSPS) is 17.2. The lowest BCUT2D eigenvalue weighted by atomic mass is 10.0. The van der Waals surface area contributed by atoms with Gasteiger partial charge >= 0.3 is 0 Å². The maximum atomic E-state index is 14.0. The van der Waals surface area contributed by atoms with E-state index in [-0.39, 0.29) is 23.5 Å². The molecule has 2 heterocycles. The van der Waals surface area contributed by atoms with Crippen LogP contribution in [0.4, 0.5) is 10.2 Å². The summed E-state index contributed by atoms with van der Waals surface area (Å²) in [4.78, 5) is 13.5. The second-order valence-electron chi connectivity index (χ2n) is 10.8. The van der Waals surface area contributed by atoms with Crippen molar-refractivity contribution in [1.82, 2.24) is 9.78 Å². The highest BCUT2D eigenvalue weighted by Gasteiger charge is 2.33. The minimum absolute atomic E-state index is 0.137. The number of allylic oxidation sites excluding steroid dienone is 1. The Morgan fingerprint density at radius 3 is 2.71 bits per heavy atom. The number of benzene rings is 3. The first-order valence-corrected chi connectivity index (χ1v) is 14.3. The van der Waals surface area contributed by atoms with Gasteiger partial charge in [0.1, 0.15) is 30.0 Å². The molecule has 4 aromatic rings. The molecule has 2 N–H and O–H groups in total. The smallest absolute Gasteiger partial charge is 0.194 e. The van der Waals surface area contributed by atoms with Crippen LogP contribution in [0.15, 0.2) is 70.8 Å². The number of anilines is 1. The molecule has 2 aliphatic rings. The fraction of sp³-hybridized carbons (Fsp3) is 0.250. The SMILES string of the molecule is Cc1cc(-n2ncc(C(=O)C3=Cc4cc(OC[C@H]5COC(C)(C)O5)c(Br)cc4C3)c2N)ccc1Oc1ccccc1F. The number of hydrogen-bond donors (Lipinski definition) is 1. The molecule has 10 heteroatoms. The Labute approximate surface area is 251 Å². The van der Waals surface area contributed by atoms with Gasteiger partial charge in [-0.1, -0.05) is 12.1 Å². The molecule has 0 saturated carbocycles. The number of carbonyl (C=O) groups excluding carboxylic acids is 1. The van der Waals surface area contributed by atoms with Gasteiger partial charge in [0.05, 0.1) is 28.5 Å². The van der Waals surface area contributed by atoms with Gasteiger partial charge < -0.3 is 24.7 Å². The number of aryl methyl sites for hydroxylation is 1. The molecule has 6 rings (SSSR count). The van der Waals surface area contributed by atoms with Gasteiger partial charge in [-0.05, 0) is 102 Å². The summed E-state index contributed by atoms with van der Waals surface area (Å²) in [6.45, 7) is 6.41.